The lowest BCUT2D eigenvalue weighted by Gasteiger charge is -2.20. The fourth-order valence-electron chi connectivity index (χ4n) is 2.49. The molecule has 0 radical (unpaired) electrons. The van der Waals surface area contributed by atoms with Gasteiger partial charge in [0.25, 0.3) is 5.91 Å². The summed E-state index contributed by atoms with van der Waals surface area (Å²) in [5.41, 5.74) is 6.19. The standard InChI is InChI=1S/C17H16Cl2FN3O2/c1-9(11-7-14(20)13(19)8-12(11)18)22-15(16(24)23-17(21)25)10-5-3-2-4-6-10/h2-9,15,22H,1H3,(H3,21,23,24,25)/p+1/t9-,15-/m0/s1. The quantitative estimate of drug-likeness (QED) is 0.691. The first-order valence-corrected chi connectivity index (χ1v) is 8.20. The summed E-state index contributed by atoms with van der Waals surface area (Å²) < 4.78 is 13.8. The summed E-state index contributed by atoms with van der Waals surface area (Å²) in [6.45, 7) is 1.77. The van der Waals surface area contributed by atoms with Gasteiger partial charge in [0, 0.05) is 11.1 Å². The van der Waals surface area contributed by atoms with E-state index in [-0.39, 0.29) is 16.1 Å². The van der Waals surface area contributed by atoms with Gasteiger partial charge in [-0.2, -0.15) is 0 Å². The predicted molar refractivity (Wildman–Crippen MR) is 93.7 cm³/mol. The van der Waals surface area contributed by atoms with E-state index in [9.17, 15) is 14.0 Å². The van der Waals surface area contributed by atoms with Crippen LogP contribution in [0.5, 0.6) is 0 Å². The summed E-state index contributed by atoms with van der Waals surface area (Å²) in [7, 11) is 0. The molecule has 0 spiro atoms. The van der Waals surface area contributed by atoms with Crippen LogP contribution in [0.4, 0.5) is 9.18 Å². The number of carbonyl (C=O) groups excluding carboxylic acids is 2. The van der Waals surface area contributed by atoms with Gasteiger partial charge in [-0.15, -0.1) is 0 Å². The van der Waals surface area contributed by atoms with Crippen LogP contribution >= 0.6 is 23.2 Å². The van der Waals surface area contributed by atoms with Crippen LogP contribution in [0.15, 0.2) is 42.5 Å². The van der Waals surface area contributed by atoms with Crippen molar-refractivity contribution in [2.45, 2.75) is 19.0 Å². The number of urea groups is 1. The Balaban J connectivity index is 2.31. The van der Waals surface area contributed by atoms with Crippen LogP contribution in [0.3, 0.4) is 0 Å². The molecule has 3 amide bonds. The molecule has 25 heavy (non-hydrogen) atoms. The van der Waals surface area contributed by atoms with Crippen molar-refractivity contribution in [2.24, 2.45) is 5.73 Å². The van der Waals surface area contributed by atoms with Gasteiger partial charge >= 0.3 is 6.03 Å². The van der Waals surface area contributed by atoms with Gasteiger partial charge < -0.3 is 11.1 Å². The van der Waals surface area contributed by atoms with E-state index < -0.39 is 23.8 Å². The van der Waals surface area contributed by atoms with Gasteiger partial charge in [-0.25, -0.2) is 9.18 Å². The lowest BCUT2D eigenvalue weighted by molar-refractivity contribution is -0.719. The van der Waals surface area contributed by atoms with Gasteiger partial charge in [-0.05, 0) is 19.1 Å². The number of carbonyl (C=O) groups is 2. The van der Waals surface area contributed by atoms with Gasteiger partial charge in [-0.3, -0.25) is 10.1 Å². The molecule has 2 atom stereocenters. The molecule has 5 N–H and O–H groups in total. The molecule has 0 saturated carbocycles. The molecule has 132 valence electrons. The van der Waals surface area contributed by atoms with Crippen molar-refractivity contribution in [3.8, 4) is 0 Å². The lowest BCUT2D eigenvalue weighted by Crippen LogP contribution is -2.88. The van der Waals surface area contributed by atoms with Crippen LogP contribution in [-0.4, -0.2) is 11.9 Å². The number of hydrogen-bond acceptors (Lipinski definition) is 2. The number of imide groups is 1. The number of nitrogens with one attached hydrogen (secondary N) is 1. The van der Waals surface area contributed by atoms with Gasteiger partial charge in [0.05, 0.1) is 10.0 Å². The van der Waals surface area contributed by atoms with Crippen molar-refractivity contribution in [3.63, 3.8) is 0 Å². The predicted octanol–water partition coefficient (Wildman–Crippen LogP) is 2.69. The second-order valence-electron chi connectivity index (χ2n) is 5.51. The Kier molecular flexibility index (Phi) is 6.36. The molecule has 0 aliphatic heterocycles. The molecule has 0 saturated heterocycles. The topological polar surface area (TPSA) is 88.8 Å². The second-order valence-corrected chi connectivity index (χ2v) is 6.33. The van der Waals surface area contributed by atoms with Crippen LogP contribution in [-0.2, 0) is 4.79 Å². The normalized spacial score (nSPS) is 13.1. The molecule has 2 aromatic carbocycles. The highest BCUT2D eigenvalue weighted by molar-refractivity contribution is 6.35. The molecule has 0 aromatic heterocycles. The van der Waals surface area contributed by atoms with Crippen LogP contribution in [0, 0.1) is 5.82 Å². The van der Waals surface area contributed by atoms with E-state index in [4.69, 9.17) is 28.9 Å². The molecule has 2 aromatic rings. The summed E-state index contributed by atoms with van der Waals surface area (Å²) in [6, 6.07) is 9.31. The molecular weight excluding hydrogens is 368 g/mol. The zero-order valence-electron chi connectivity index (χ0n) is 13.3. The smallest absolute Gasteiger partial charge is 0.319 e. The third kappa shape index (κ3) is 4.92. The summed E-state index contributed by atoms with van der Waals surface area (Å²) in [4.78, 5) is 23.4. The number of amides is 3. The first-order chi connectivity index (χ1) is 11.8. The molecule has 2 rings (SSSR count). The number of benzene rings is 2. The van der Waals surface area contributed by atoms with E-state index in [1.807, 2.05) is 0 Å². The van der Waals surface area contributed by atoms with Gasteiger partial charge in [0.15, 0.2) is 6.04 Å². The van der Waals surface area contributed by atoms with Crippen molar-refractivity contribution in [3.05, 3.63) is 69.5 Å². The SMILES string of the molecule is C[C@H]([NH2+][C@H](C(=O)NC(N)=O)c1ccccc1)c1cc(F)c(Cl)cc1Cl. The van der Waals surface area contributed by atoms with Crippen molar-refractivity contribution >= 4 is 35.1 Å². The summed E-state index contributed by atoms with van der Waals surface area (Å²) in [5.74, 6) is -1.17. The minimum Gasteiger partial charge on any atom is -0.351 e. The van der Waals surface area contributed by atoms with Crippen molar-refractivity contribution in [1.82, 2.24) is 5.32 Å². The number of halogens is 3. The Morgan fingerprint density at radius 2 is 1.80 bits per heavy atom. The zero-order chi connectivity index (χ0) is 18.6. The Bertz CT molecular complexity index is 787. The maximum atomic E-state index is 13.8. The van der Waals surface area contributed by atoms with Gasteiger partial charge in [0.2, 0.25) is 0 Å². The van der Waals surface area contributed by atoms with Gasteiger partial charge in [-0.1, -0.05) is 53.5 Å². The monoisotopic (exact) mass is 384 g/mol. The number of nitrogens with two attached hydrogens (primary N) is 2. The van der Waals surface area contributed by atoms with E-state index >= 15 is 0 Å². The molecule has 0 fully saturated rings. The summed E-state index contributed by atoms with van der Waals surface area (Å²) >= 11 is 11.9. The highest BCUT2D eigenvalue weighted by Gasteiger charge is 2.29. The Labute approximate surface area is 154 Å². The average Bonchev–Trinajstić information content (AvgIpc) is 2.55. The third-order valence-electron chi connectivity index (χ3n) is 3.70. The van der Waals surface area contributed by atoms with Crippen LogP contribution in [0.1, 0.15) is 30.1 Å². The molecule has 0 heterocycles. The summed E-state index contributed by atoms with van der Waals surface area (Å²) in [5, 5.41) is 3.95. The maximum absolute atomic E-state index is 13.8. The molecular formula is C17H17Cl2FN3O2+. The molecule has 0 unspecified atom stereocenters. The largest absolute Gasteiger partial charge is 0.351 e. The molecule has 5 nitrogen and oxygen atoms in total. The second kappa shape index (κ2) is 8.29. The van der Waals surface area contributed by atoms with E-state index in [0.717, 1.165) is 0 Å². The van der Waals surface area contributed by atoms with E-state index in [2.05, 4.69) is 5.32 Å². The molecule has 8 heteroatoms. The van der Waals surface area contributed by atoms with Crippen LogP contribution in [0.2, 0.25) is 10.0 Å². The van der Waals surface area contributed by atoms with Crippen molar-refractivity contribution < 1.29 is 19.3 Å². The number of rotatable bonds is 5. The Morgan fingerprint density at radius 1 is 1.16 bits per heavy atom. The third-order valence-corrected chi connectivity index (χ3v) is 4.32. The minimum atomic E-state index is -0.942. The van der Waals surface area contributed by atoms with Gasteiger partial charge in [0.1, 0.15) is 11.9 Å². The number of hydrogen-bond donors (Lipinski definition) is 3. The number of primary amides is 1. The highest BCUT2D eigenvalue weighted by Crippen LogP contribution is 2.27. The van der Waals surface area contributed by atoms with E-state index in [1.54, 1.807) is 42.6 Å². The summed E-state index contributed by atoms with van der Waals surface area (Å²) in [6.07, 6.45) is 0. The first-order valence-electron chi connectivity index (χ1n) is 7.44. The molecule has 0 aliphatic carbocycles. The van der Waals surface area contributed by atoms with Crippen molar-refractivity contribution in [2.75, 3.05) is 0 Å². The Morgan fingerprint density at radius 3 is 2.40 bits per heavy atom. The molecule has 0 aliphatic rings. The number of quaternary nitrogens is 1. The highest BCUT2D eigenvalue weighted by atomic mass is 35.5. The zero-order valence-corrected chi connectivity index (χ0v) is 14.8. The molecule has 0 bridgehead atoms. The fourth-order valence-corrected chi connectivity index (χ4v) is 3.04. The van der Waals surface area contributed by atoms with Crippen LogP contribution < -0.4 is 16.4 Å². The lowest BCUT2D eigenvalue weighted by atomic mass is 10.0. The maximum Gasteiger partial charge on any atom is 0.319 e. The average molecular weight is 385 g/mol. The van der Waals surface area contributed by atoms with E-state index in [1.165, 1.54) is 12.1 Å². The minimum absolute atomic E-state index is 0.0768. The van der Waals surface area contributed by atoms with Crippen LogP contribution in [0.25, 0.3) is 0 Å². The Hall–Kier alpha value is -2.15. The van der Waals surface area contributed by atoms with E-state index in [0.29, 0.717) is 11.1 Å². The first kappa shape index (κ1) is 19.2. The fraction of sp³-hybridized carbons (Fsp3) is 0.176. The van der Waals surface area contributed by atoms with Crippen molar-refractivity contribution in [1.29, 1.82) is 0 Å².